The molecule has 2 aromatic heterocycles. The van der Waals surface area contributed by atoms with Gasteiger partial charge in [-0.05, 0) is 24.3 Å². The van der Waals surface area contributed by atoms with Crippen molar-refractivity contribution in [1.82, 2.24) is 10.1 Å². The summed E-state index contributed by atoms with van der Waals surface area (Å²) in [4.78, 5) is 5.46. The van der Waals surface area contributed by atoms with E-state index in [-0.39, 0.29) is 0 Å². The molecule has 2 aromatic rings. The molecule has 1 aliphatic carbocycles. The summed E-state index contributed by atoms with van der Waals surface area (Å²) < 4.78 is 5.38. The Morgan fingerprint density at radius 3 is 2.58 bits per heavy atom. The number of anilines is 1. The van der Waals surface area contributed by atoms with Crippen LogP contribution in [0.2, 0.25) is 0 Å². The van der Waals surface area contributed by atoms with Crippen LogP contribution in [0.4, 0.5) is 5.69 Å². The number of hydrogen-bond acceptors (Lipinski definition) is 5. The maximum absolute atomic E-state index is 5.89. The van der Waals surface area contributed by atoms with Crippen LogP contribution in [-0.4, -0.2) is 10.1 Å². The van der Waals surface area contributed by atoms with Crippen molar-refractivity contribution in [2.45, 2.75) is 50.9 Å². The van der Waals surface area contributed by atoms with Gasteiger partial charge in [0.05, 0.1) is 5.69 Å². The number of nitrogens with zero attached hydrogens (tertiary/aromatic N) is 2. The first-order valence-corrected chi connectivity index (χ1v) is 7.89. The number of aromatic nitrogens is 2. The Labute approximate surface area is 117 Å². The topological polar surface area (TPSA) is 64.9 Å². The molecule has 1 saturated carbocycles. The molecule has 2 N–H and O–H groups in total. The molecule has 0 unspecified atom stereocenters. The van der Waals surface area contributed by atoms with Crippen LogP contribution < -0.4 is 5.73 Å². The van der Waals surface area contributed by atoms with E-state index in [2.05, 4.69) is 10.1 Å². The zero-order chi connectivity index (χ0) is 13.1. The van der Waals surface area contributed by atoms with E-state index in [1.165, 1.54) is 44.9 Å². The van der Waals surface area contributed by atoms with Crippen molar-refractivity contribution in [3.63, 3.8) is 0 Å². The number of thiophene rings is 1. The van der Waals surface area contributed by atoms with Gasteiger partial charge in [0.25, 0.3) is 5.89 Å². The average Bonchev–Trinajstić information content (AvgIpc) is 2.97. The summed E-state index contributed by atoms with van der Waals surface area (Å²) in [6.45, 7) is 0. The van der Waals surface area contributed by atoms with Crippen molar-refractivity contribution in [3.8, 4) is 10.8 Å². The van der Waals surface area contributed by atoms with Gasteiger partial charge in [0.2, 0.25) is 0 Å². The summed E-state index contributed by atoms with van der Waals surface area (Å²) in [5.74, 6) is 1.90. The van der Waals surface area contributed by atoms with Crippen molar-refractivity contribution >= 4 is 17.0 Å². The van der Waals surface area contributed by atoms with E-state index in [9.17, 15) is 0 Å². The summed E-state index contributed by atoms with van der Waals surface area (Å²) in [7, 11) is 0. The predicted molar refractivity (Wildman–Crippen MR) is 77.1 cm³/mol. The second-order valence-electron chi connectivity index (χ2n) is 5.20. The molecule has 5 heteroatoms. The fraction of sp³-hybridized carbons (Fsp3) is 0.571. The third-order valence-electron chi connectivity index (χ3n) is 3.80. The molecule has 3 rings (SSSR count). The van der Waals surface area contributed by atoms with Gasteiger partial charge in [0, 0.05) is 5.92 Å². The molecule has 102 valence electrons. The molecular weight excluding hydrogens is 258 g/mol. The lowest BCUT2D eigenvalue weighted by Crippen LogP contribution is -2.04. The van der Waals surface area contributed by atoms with Crippen molar-refractivity contribution in [2.75, 3.05) is 5.73 Å². The summed E-state index contributed by atoms with van der Waals surface area (Å²) in [5.41, 5.74) is 6.61. The lowest BCUT2D eigenvalue weighted by molar-refractivity contribution is 0.393. The van der Waals surface area contributed by atoms with E-state index in [1.807, 2.05) is 11.4 Å². The number of nitrogen functional groups attached to an aromatic ring is 1. The fourth-order valence-electron chi connectivity index (χ4n) is 2.70. The first-order valence-electron chi connectivity index (χ1n) is 7.01. The Hall–Kier alpha value is -1.36. The Kier molecular flexibility index (Phi) is 3.82. The molecule has 1 aliphatic rings. The van der Waals surface area contributed by atoms with Crippen LogP contribution in [0.3, 0.4) is 0 Å². The third-order valence-corrected chi connectivity index (χ3v) is 4.72. The zero-order valence-corrected chi connectivity index (χ0v) is 11.8. The van der Waals surface area contributed by atoms with Gasteiger partial charge in [-0.1, -0.05) is 37.3 Å². The predicted octanol–water partition coefficient (Wildman–Crippen LogP) is 4.21. The van der Waals surface area contributed by atoms with Crippen molar-refractivity contribution in [2.24, 2.45) is 0 Å². The third kappa shape index (κ3) is 2.81. The van der Waals surface area contributed by atoms with E-state index in [1.54, 1.807) is 11.3 Å². The minimum absolute atomic E-state index is 0.457. The lowest BCUT2D eigenvalue weighted by atomic mass is 9.91. The molecule has 0 bridgehead atoms. The second-order valence-corrected chi connectivity index (χ2v) is 6.12. The van der Waals surface area contributed by atoms with Crippen LogP contribution in [0.1, 0.15) is 56.7 Å². The molecule has 1 fully saturated rings. The molecule has 0 radical (unpaired) electrons. The van der Waals surface area contributed by atoms with Crippen LogP contribution in [-0.2, 0) is 0 Å². The summed E-state index contributed by atoms with van der Waals surface area (Å²) in [6, 6.07) is 1.87. The summed E-state index contributed by atoms with van der Waals surface area (Å²) in [6.07, 6.45) is 8.94. The maximum Gasteiger partial charge on any atom is 0.270 e. The Morgan fingerprint density at radius 1 is 1.16 bits per heavy atom. The van der Waals surface area contributed by atoms with Gasteiger partial charge in [-0.2, -0.15) is 4.98 Å². The van der Waals surface area contributed by atoms with Crippen molar-refractivity contribution < 1.29 is 4.52 Å². The molecule has 19 heavy (non-hydrogen) atoms. The van der Waals surface area contributed by atoms with Gasteiger partial charge in [-0.3, -0.25) is 0 Å². The highest BCUT2D eigenvalue weighted by atomic mass is 32.1. The van der Waals surface area contributed by atoms with Gasteiger partial charge in [0.1, 0.15) is 4.88 Å². The molecule has 0 amide bonds. The molecule has 0 atom stereocenters. The van der Waals surface area contributed by atoms with Gasteiger partial charge < -0.3 is 10.3 Å². The van der Waals surface area contributed by atoms with Gasteiger partial charge in [-0.25, -0.2) is 0 Å². The largest absolute Gasteiger partial charge is 0.397 e. The van der Waals surface area contributed by atoms with E-state index in [4.69, 9.17) is 10.3 Å². The maximum atomic E-state index is 5.89. The smallest absolute Gasteiger partial charge is 0.270 e. The summed E-state index contributed by atoms with van der Waals surface area (Å²) in [5, 5.41) is 6.12. The number of nitrogens with two attached hydrogens (primary N) is 1. The molecular formula is C14H19N3OS. The van der Waals surface area contributed by atoms with Crippen LogP contribution in [0.25, 0.3) is 10.8 Å². The minimum atomic E-state index is 0.457. The quantitative estimate of drug-likeness (QED) is 0.893. The van der Waals surface area contributed by atoms with E-state index in [0.717, 1.165) is 16.4 Å². The second kappa shape index (κ2) is 5.74. The molecule has 2 heterocycles. The molecule has 0 spiro atoms. The van der Waals surface area contributed by atoms with Crippen molar-refractivity contribution in [3.05, 3.63) is 17.3 Å². The minimum Gasteiger partial charge on any atom is -0.397 e. The fourth-order valence-corrected chi connectivity index (χ4v) is 3.44. The molecule has 0 saturated heterocycles. The highest BCUT2D eigenvalue weighted by molar-refractivity contribution is 7.14. The lowest BCUT2D eigenvalue weighted by Gasteiger charge is -2.15. The van der Waals surface area contributed by atoms with Gasteiger partial charge >= 0.3 is 0 Å². The first-order chi connectivity index (χ1) is 9.34. The van der Waals surface area contributed by atoms with Crippen LogP contribution >= 0.6 is 11.3 Å². The molecule has 0 aromatic carbocycles. The molecule has 0 aliphatic heterocycles. The monoisotopic (exact) mass is 277 g/mol. The number of hydrogen-bond donors (Lipinski definition) is 1. The highest BCUT2D eigenvalue weighted by Crippen LogP contribution is 2.33. The summed E-state index contributed by atoms with van der Waals surface area (Å²) >= 11 is 1.55. The van der Waals surface area contributed by atoms with Gasteiger partial charge in [0.15, 0.2) is 5.82 Å². The average molecular weight is 277 g/mol. The Bertz CT molecular complexity index is 526. The van der Waals surface area contributed by atoms with E-state index in [0.29, 0.717) is 11.8 Å². The molecule has 4 nitrogen and oxygen atoms in total. The Morgan fingerprint density at radius 2 is 1.89 bits per heavy atom. The van der Waals surface area contributed by atoms with Crippen LogP contribution in [0, 0.1) is 0 Å². The van der Waals surface area contributed by atoms with Crippen molar-refractivity contribution in [1.29, 1.82) is 0 Å². The normalized spacial score (nSPS) is 18.1. The van der Waals surface area contributed by atoms with E-state index >= 15 is 0 Å². The highest BCUT2D eigenvalue weighted by Gasteiger charge is 2.21. The standard InChI is InChI=1S/C14H19N3OS/c15-11-8-9-19-12(11)14-16-13(17-18-14)10-6-4-2-1-3-5-7-10/h8-10H,1-7,15H2. The first kappa shape index (κ1) is 12.7. The number of rotatable bonds is 2. The van der Waals surface area contributed by atoms with Gasteiger partial charge in [-0.15, -0.1) is 11.3 Å². The van der Waals surface area contributed by atoms with Crippen LogP contribution in [0.5, 0.6) is 0 Å². The zero-order valence-electron chi connectivity index (χ0n) is 11.0. The Balaban J connectivity index is 1.78. The van der Waals surface area contributed by atoms with Crippen LogP contribution in [0.15, 0.2) is 16.0 Å². The SMILES string of the molecule is Nc1ccsc1-c1nc(C2CCCCCCC2)no1. The van der Waals surface area contributed by atoms with E-state index < -0.39 is 0 Å².